The molecule has 0 aromatic carbocycles. The summed E-state index contributed by atoms with van der Waals surface area (Å²) < 4.78 is 79.5. The summed E-state index contributed by atoms with van der Waals surface area (Å²) in [4.78, 5) is 0. The van der Waals surface area contributed by atoms with Crippen molar-refractivity contribution in [2.75, 3.05) is 52.9 Å². The zero-order valence-electron chi connectivity index (χ0n) is 43.1. The number of rotatable bonds is 8. The number of aliphatic hydroxyl groups excluding tert-OH is 22. The SMILES string of the molecule is CCCO.OC[C@H]1O[C@@H]2O[C@H]3[C@H](O)[C@@H](O)[C@@H](O[C@H]4[C@H](O)[C@@H](O)[C@@H](O[C@H]5[C@H](O)[C@@H](O)[C@@H](O[C@H]6[C@H](O)[C@@H](O)[C@@H](O[C@H]7[C@H](O)[C@@H](O)[C@@H](O[C@H]8[C@H](O)[C@@H](O)[C@@H](O[C@H]1[C@H](O)[C@H]2O)O[C@@H]8CO)O[C@@H]7CO)O[C@@H]6CO)O[C@@H]5CO)O[C@@H]4CO)O[C@@H]3CO. The van der Waals surface area contributed by atoms with Crippen LogP contribution in [0.5, 0.6) is 0 Å². The predicted octanol–water partition coefficient (Wildman–Crippen LogP) is -14.8. The van der Waals surface area contributed by atoms with Gasteiger partial charge < -0.3 is 179 Å². The van der Waals surface area contributed by atoms with Gasteiger partial charge in [-0.1, -0.05) is 6.92 Å². The third-order valence-corrected chi connectivity index (χ3v) is 15.0. The standard InChI is InChI=1S/C42H70O35.C3H8O/c43-1-8-29-15(50)22(57)36(64-8)72-30-9(2-44)66-38(24(59)17(30)52)74-32-11(4-46)68-40(26(61)19(32)54)76-34-13(6-48)70-42(28(63)21(34)56)77-35-14(7-49)69-41(27(62)20(35)55)75-33-12(5-47)67-39(25(60)18(33)53)73-31-10(3-45)65-37(71-29)23(58)16(31)51;1-2-3-4/h8-63H,1-7H2;4H,2-3H2,1H3/t8-,9-,10-,11-,12-,13-,14-,15-,16-,17-,18-,19-,20-,21-,22-,23-,24-,25-,26-,27-,28-,29-,30-,31-,32-,33-,34-,35-,36-,37-,38-,39-,40-,41-,42-;/m1./s1. The van der Waals surface area contributed by atoms with Gasteiger partial charge in [0.2, 0.25) is 0 Å². The largest absolute Gasteiger partial charge is 0.396 e. The summed E-state index contributed by atoms with van der Waals surface area (Å²) in [6.07, 6.45) is -69.4. The minimum Gasteiger partial charge on any atom is -0.396 e. The van der Waals surface area contributed by atoms with Crippen molar-refractivity contribution in [1.82, 2.24) is 0 Å². The molecule has 0 radical (unpaired) electrons. The van der Waals surface area contributed by atoms with Crippen molar-refractivity contribution in [2.24, 2.45) is 0 Å². The molecule has 35 atom stereocenters. The molecule has 81 heavy (non-hydrogen) atoms. The number of ether oxygens (including phenoxy) is 14. The Kier molecular flexibility index (Phi) is 24.4. The van der Waals surface area contributed by atoms with E-state index in [-0.39, 0.29) is 0 Å². The van der Waals surface area contributed by atoms with Crippen LogP contribution in [0.1, 0.15) is 13.3 Å². The fourth-order valence-electron chi connectivity index (χ4n) is 10.4. The summed E-state index contributed by atoms with van der Waals surface area (Å²) >= 11 is 0. The lowest BCUT2D eigenvalue weighted by atomic mass is 9.95. The third kappa shape index (κ3) is 14.0. The average Bonchev–Trinajstić information content (AvgIpc) is 3.66. The van der Waals surface area contributed by atoms with E-state index in [1.165, 1.54) is 0 Å². The maximum Gasteiger partial charge on any atom is 0.187 e. The van der Waals surface area contributed by atoms with E-state index in [1.54, 1.807) is 0 Å². The van der Waals surface area contributed by atoms with Crippen LogP contribution >= 0.6 is 0 Å². The summed E-state index contributed by atoms with van der Waals surface area (Å²) in [5, 5.41) is 238. The smallest absolute Gasteiger partial charge is 0.187 e. The zero-order chi connectivity index (χ0) is 59.5. The molecule has 21 aliphatic rings. The average molecular weight is 1200 g/mol. The second kappa shape index (κ2) is 29.5. The number of hydrogen-bond donors (Lipinski definition) is 22. The van der Waals surface area contributed by atoms with Gasteiger partial charge in [-0.3, -0.25) is 0 Å². The molecule has 0 amide bonds. The van der Waals surface area contributed by atoms with Crippen molar-refractivity contribution in [2.45, 2.75) is 228 Å². The Morgan fingerprint density at radius 1 is 0.198 bits per heavy atom. The molecular formula is C45H78O36. The van der Waals surface area contributed by atoms with Gasteiger partial charge in [-0.25, -0.2) is 0 Å². The molecule has 14 bridgehead atoms. The van der Waals surface area contributed by atoms with E-state index in [0.717, 1.165) is 6.42 Å². The Balaban J connectivity index is 0.00000229. The van der Waals surface area contributed by atoms with Crippen molar-refractivity contribution in [1.29, 1.82) is 0 Å². The Hall–Kier alpha value is -1.44. The number of hydrogen-bond acceptors (Lipinski definition) is 36. The first kappa shape index (κ1) is 67.1. The maximum atomic E-state index is 11.3. The Labute approximate surface area is 459 Å². The molecule has 22 N–H and O–H groups in total. The lowest BCUT2D eigenvalue weighted by molar-refractivity contribution is -0.396. The molecule has 0 spiro atoms. The van der Waals surface area contributed by atoms with Gasteiger partial charge in [0.1, 0.15) is 171 Å². The molecule has 21 aliphatic heterocycles. The molecule has 36 nitrogen and oxygen atoms in total. The van der Waals surface area contributed by atoms with Crippen molar-refractivity contribution in [3.8, 4) is 0 Å². The quantitative estimate of drug-likeness (QED) is 0.107. The normalized spacial score (nSPS) is 53.0. The van der Waals surface area contributed by atoms with Gasteiger partial charge in [0.25, 0.3) is 0 Å². The lowest BCUT2D eigenvalue weighted by Crippen LogP contribution is -2.68. The monoisotopic (exact) mass is 1190 g/mol. The summed E-state index contributed by atoms with van der Waals surface area (Å²) in [6, 6.07) is 0. The lowest BCUT2D eigenvalue weighted by Gasteiger charge is -2.50. The molecule has 36 heteroatoms. The molecule has 21 fully saturated rings. The van der Waals surface area contributed by atoms with Crippen LogP contribution in [0, 0.1) is 0 Å². The summed E-state index contributed by atoms with van der Waals surface area (Å²) in [6.45, 7) is -5.08. The van der Waals surface area contributed by atoms with Gasteiger partial charge in [-0.05, 0) is 6.42 Å². The van der Waals surface area contributed by atoms with Crippen LogP contribution in [-0.2, 0) is 66.3 Å². The fraction of sp³-hybridized carbons (Fsp3) is 1.00. The molecule has 21 rings (SSSR count). The highest BCUT2D eigenvalue weighted by Crippen LogP contribution is 2.39. The van der Waals surface area contributed by atoms with E-state index in [4.69, 9.17) is 71.4 Å². The van der Waals surface area contributed by atoms with E-state index in [1.807, 2.05) is 6.92 Å². The molecule has 0 aliphatic carbocycles. The van der Waals surface area contributed by atoms with Gasteiger partial charge >= 0.3 is 0 Å². The minimum atomic E-state index is -2.21. The highest BCUT2D eigenvalue weighted by Gasteiger charge is 2.59. The topological polar surface area (TPSA) is 574 Å². The first-order valence-corrected chi connectivity index (χ1v) is 26.1. The second-order valence-electron chi connectivity index (χ2n) is 20.4. The van der Waals surface area contributed by atoms with Crippen LogP contribution in [0.3, 0.4) is 0 Å². The predicted molar refractivity (Wildman–Crippen MR) is 246 cm³/mol. The molecule has 0 saturated carbocycles. The van der Waals surface area contributed by atoms with E-state index >= 15 is 0 Å². The van der Waals surface area contributed by atoms with Crippen molar-refractivity contribution < 1.29 is 179 Å². The van der Waals surface area contributed by atoms with E-state index < -0.39 is 261 Å². The molecule has 0 unspecified atom stereocenters. The van der Waals surface area contributed by atoms with Gasteiger partial charge in [0.05, 0.1) is 46.2 Å². The number of aliphatic hydroxyl groups is 22. The van der Waals surface area contributed by atoms with Gasteiger partial charge in [0, 0.05) is 6.61 Å². The molecule has 21 heterocycles. The third-order valence-electron chi connectivity index (χ3n) is 15.0. The fourth-order valence-corrected chi connectivity index (χ4v) is 10.4. The molecular weight excluding hydrogens is 1120 g/mol. The molecule has 0 aromatic heterocycles. The second-order valence-corrected chi connectivity index (χ2v) is 20.4. The summed E-state index contributed by atoms with van der Waals surface area (Å²) in [5.74, 6) is 0. The van der Waals surface area contributed by atoms with E-state index in [9.17, 15) is 107 Å². The van der Waals surface area contributed by atoms with Crippen LogP contribution < -0.4 is 0 Å². The molecule has 21 saturated heterocycles. The van der Waals surface area contributed by atoms with Crippen LogP contribution in [-0.4, -0.2) is 380 Å². The van der Waals surface area contributed by atoms with Crippen LogP contribution in [0.4, 0.5) is 0 Å². The van der Waals surface area contributed by atoms with E-state index in [2.05, 4.69) is 0 Å². The van der Waals surface area contributed by atoms with E-state index in [0.29, 0.717) is 6.61 Å². The summed E-state index contributed by atoms with van der Waals surface area (Å²) in [7, 11) is 0. The Morgan fingerprint density at radius 3 is 0.395 bits per heavy atom. The van der Waals surface area contributed by atoms with Gasteiger partial charge in [0.15, 0.2) is 44.0 Å². The van der Waals surface area contributed by atoms with Crippen molar-refractivity contribution >= 4 is 0 Å². The first-order valence-electron chi connectivity index (χ1n) is 26.1. The van der Waals surface area contributed by atoms with Crippen molar-refractivity contribution in [3.05, 3.63) is 0 Å². The minimum absolute atomic E-state index is 0.319. The Morgan fingerprint density at radius 2 is 0.309 bits per heavy atom. The van der Waals surface area contributed by atoms with Crippen LogP contribution in [0.25, 0.3) is 0 Å². The first-order chi connectivity index (χ1) is 38.6. The highest BCUT2D eigenvalue weighted by molar-refractivity contribution is 5.01. The van der Waals surface area contributed by atoms with Crippen LogP contribution in [0.2, 0.25) is 0 Å². The van der Waals surface area contributed by atoms with Crippen LogP contribution in [0.15, 0.2) is 0 Å². The van der Waals surface area contributed by atoms with Gasteiger partial charge in [-0.2, -0.15) is 0 Å². The van der Waals surface area contributed by atoms with Gasteiger partial charge in [-0.15, -0.1) is 0 Å². The Bertz CT molecular complexity index is 1500. The zero-order valence-corrected chi connectivity index (χ0v) is 43.1. The summed E-state index contributed by atoms with van der Waals surface area (Å²) in [5.41, 5.74) is 0. The highest BCUT2D eigenvalue weighted by atomic mass is 16.8. The maximum absolute atomic E-state index is 11.3. The molecule has 474 valence electrons. The molecule has 0 aromatic rings. The van der Waals surface area contributed by atoms with Crippen molar-refractivity contribution in [3.63, 3.8) is 0 Å².